The van der Waals surface area contributed by atoms with Crippen molar-refractivity contribution in [1.82, 2.24) is 0 Å². The topological polar surface area (TPSA) is 0 Å². The lowest BCUT2D eigenvalue weighted by molar-refractivity contribution is 0.284. The van der Waals surface area contributed by atoms with Crippen LogP contribution in [0.3, 0.4) is 0 Å². The maximum Gasteiger partial charge on any atom is -0.00986 e. The molecule has 1 rings (SSSR count). The molecule has 94 valence electrons. The summed E-state index contributed by atoms with van der Waals surface area (Å²) in [5.41, 5.74) is 4.37. The van der Waals surface area contributed by atoms with E-state index in [2.05, 4.69) is 72.4 Å². The minimum absolute atomic E-state index is 0.228. The summed E-state index contributed by atoms with van der Waals surface area (Å²) in [4.78, 5) is 0. The maximum atomic E-state index is 3.98. The lowest BCUT2D eigenvalue weighted by Crippen LogP contribution is -2.24. The van der Waals surface area contributed by atoms with Crippen molar-refractivity contribution >= 4 is 5.57 Å². The molecule has 0 fully saturated rings. The highest BCUT2D eigenvalue weighted by Crippen LogP contribution is 2.36. The van der Waals surface area contributed by atoms with Gasteiger partial charge in [-0.05, 0) is 35.3 Å². The van der Waals surface area contributed by atoms with Crippen molar-refractivity contribution in [2.75, 3.05) is 0 Å². The van der Waals surface area contributed by atoms with Gasteiger partial charge in [-0.15, -0.1) is 0 Å². The third kappa shape index (κ3) is 4.03. The highest BCUT2D eigenvalue weighted by atomic mass is 14.3. The van der Waals surface area contributed by atoms with Crippen molar-refractivity contribution < 1.29 is 0 Å². The Hall–Kier alpha value is -1.04. The first kappa shape index (κ1) is 14.0. The zero-order valence-corrected chi connectivity index (χ0v) is 12.2. The van der Waals surface area contributed by atoms with Crippen molar-refractivity contribution in [3.63, 3.8) is 0 Å². The van der Waals surface area contributed by atoms with Gasteiger partial charge in [0.15, 0.2) is 0 Å². The molecule has 0 N–H and O–H groups in total. The maximum absolute atomic E-state index is 3.98. The van der Waals surface area contributed by atoms with E-state index in [4.69, 9.17) is 0 Å². The molecule has 0 amide bonds. The average molecular weight is 230 g/mol. The van der Waals surface area contributed by atoms with Gasteiger partial charge in [0.25, 0.3) is 0 Å². The van der Waals surface area contributed by atoms with Crippen molar-refractivity contribution in [3.05, 3.63) is 42.0 Å². The molecule has 1 aromatic carbocycles. The van der Waals surface area contributed by atoms with E-state index in [1.54, 1.807) is 0 Å². The van der Waals surface area contributed by atoms with Gasteiger partial charge in [-0.1, -0.05) is 71.0 Å². The van der Waals surface area contributed by atoms with E-state index in [0.717, 1.165) is 5.57 Å². The average Bonchev–Trinajstić information content (AvgIpc) is 2.14. The Morgan fingerprint density at radius 2 is 1.47 bits per heavy atom. The number of allylic oxidation sites excluding steroid dienone is 1. The molecule has 0 saturated carbocycles. The van der Waals surface area contributed by atoms with Crippen LogP contribution in [0, 0.1) is 5.41 Å². The fraction of sp³-hybridized carbons (Fsp3) is 0.529. The molecule has 0 saturated heterocycles. The summed E-state index contributed by atoms with van der Waals surface area (Å²) >= 11 is 0. The lowest BCUT2D eigenvalue weighted by Gasteiger charge is -2.33. The van der Waals surface area contributed by atoms with Gasteiger partial charge in [0.1, 0.15) is 0 Å². The molecule has 0 aliphatic carbocycles. The second kappa shape index (κ2) is 4.68. The summed E-state index contributed by atoms with van der Waals surface area (Å²) in [6, 6.07) is 8.86. The van der Waals surface area contributed by atoms with Crippen LogP contribution < -0.4 is 0 Å². The van der Waals surface area contributed by atoms with Gasteiger partial charge >= 0.3 is 0 Å². The molecule has 0 radical (unpaired) electrons. The van der Waals surface area contributed by atoms with Crippen LogP contribution in [-0.4, -0.2) is 0 Å². The molecule has 1 aromatic rings. The molecular weight excluding hydrogens is 204 g/mol. The first-order valence-electron chi connectivity index (χ1n) is 6.38. The minimum atomic E-state index is 0.228. The predicted octanol–water partition coefficient (Wildman–Crippen LogP) is 5.43. The van der Waals surface area contributed by atoms with Gasteiger partial charge in [-0.3, -0.25) is 0 Å². The molecule has 0 heteroatoms. The molecule has 0 unspecified atom stereocenters. The van der Waals surface area contributed by atoms with E-state index in [1.165, 1.54) is 17.5 Å². The van der Waals surface area contributed by atoms with E-state index in [9.17, 15) is 0 Å². The first-order valence-corrected chi connectivity index (χ1v) is 6.38. The van der Waals surface area contributed by atoms with Crippen LogP contribution in [0.25, 0.3) is 5.57 Å². The molecule has 0 heterocycles. The Kier molecular flexibility index (Phi) is 3.86. The van der Waals surface area contributed by atoms with Crippen LogP contribution in [0.4, 0.5) is 0 Å². The standard InChI is InChI=1S/C17H26/c1-13(2)14-8-10-15(11-9-14)17(6,7)12-16(3,4)5/h8-11H,1,12H2,2-7H3. The summed E-state index contributed by atoms with van der Waals surface area (Å²) in [6.45, 7) is 17.6. The lowest BCUT2D eigenvalue weighted by atomic mass is 9.72. The third-order valence-corrected chi connectivity index (χ3v) is 3.13. The summed E-state index contributed by atoms with van der Waals surface area (Å²) < 4.78 is 0. The summed E-state index contributed by atoms with van der Waals surface area (Å²) in [6.07, 6.45) is 1.19. The highest BCUT2D eigenvalue weighted by molar-refractivity contribution is 5.61. The van der Waals surface area contributed by atoms with Crippen molar-refractivity contribution in [2.24, 2.45) is 5.41 Å². The summed E-state index contributed by atoms with van der Waals surface area (Å²) in [7, 11) is 0. The number of hydrogen-bond acceptors (Lipinski definition) is 0. The van der Waals surface area contributed by atoms with E-state index < -0.39 is 0 Å². The second-order valence-corrected chi connectivity index (χ2v) is 6.98. The molecule has 0 aromatic heterocycles. The van der Waals surface area contributed by atoms with Gasteiger partial charge in [0.05, 0.1) is 0 Å². The summed E-state index contributed by atoms with van der Waals surface area (Å²) in [5.74, 6) is 0. The molecule has 0 aliphatic heterocycles. The van der Waals surface area contributed by atoms with E-state index in [0.29, 0.717) is 5.41 Å². The molecule has 0 nitrogen and oxygen atoms in total. The number of rotatable bonds is 3. The molecule has 0 aliphatic rings. The Labute approximate surface area is 107 Å². The third-order valence-electron chi connectivity index (χ3n) is 3.13. The van der Waals surface area contributed by atoms with Crippen LogP contribution in [0.1, 0.15) is 59.1 Å². The van der Waals surface area contributed by atoms with E-state index >= 15 is 0 Å². The van der Waals surface area contributed by atoms with Crippen LogP contribution in [0.15, 0.2) is 30.8 Å². The number of hydrogen-bond donors (Lipinski definition) is 0. The smallest absolute Gasteiger partial charge is 0.00986 e. The van der Waals surface area contributed by atoms with Gasteiger partial charge in [-0.25, -0.2) is 0 Å². The van der Waals surface area contributed by atoms with Gasteiger partial charge in [0, 0.05) is 0 Å². The Morgan fingerprint density at radius 1 is 1.00 bits per heavy atom. The predicted molar refractivity (Wildman–Crippen MR) is 78.2 cm³/mol. The van der Waals surface area contributed by atoms with Crippen LogP contribution >= 0.6 is 0 Å². The summed E-state index contributed by atoms with van der Waals surface area (Å²) in [5, 5.41) is 0. The molecule has 0 atom stereocenters. The molecular formula is C17H26. The minimum Gasteiger partial charge on any atom is -0.0955 e. The fourth-order valence-corrected chi connectivity index (χ4v) is 2.63. The first-order chi connectivity index (χ1) is 7.62. The Morgan fingerprint density at radius 3 is 1.82 bits per heavy atom. The Balaban J connectivity index is 2.96. The van der Waals surface area contributed by atoms with Crippen molar-refractivity contribution in [3.8, 4) is 0 Å². The van der Waals surface area contributed by atoms with Crippen LogP contribution in [0.2, 0.25) is 0 Å². The van der Waals surface area contributed by atoms with Gasteiger partial charge < -0.3 is 0 Å². The fourth-order valence-electron chi connectivity index (χ4n) is 2.63. The van der Waals surface area contributed by atoms with Crippen LogP contribution in [0.5, 0.6) is 0 Å². The zero-order chi connectivity index (χ0) is 13.3. The molecule has 0 bridgehead atoms. The Bertz CT molecular complexity index is 385. The van der Waals surface area contributed by atoms with Gasteiger partial charge in [0.2, 0.25) is 0 Å². The quantitative estimate of drug-likeness (QED) is 0.649. The van der Waals surface area contributed by atoms with Crippen molar-refractivity contribution in [2.45, 2.75) is 53.4 Å². The largest absolute Gasteiger partial charge is 0.0955 e. The zero-order valence-electron chi connectivity index (χ0n) is 12.2. The molecule has 17 heavy (non-hydrogen) atoms. The molecule has 0 spiro atoms. The SMILES string of the molecule is C=C(C)c1ccc(C(C)(C)CC(C)(C)C)cc1. The monoisotopic (exact) mass is 230 g/mol. The number of benzene rings is 1. The van der Waals surface area contributed by atoms with Crippen molar-refractivity contribution in [1.29, 1.82) is 0 Å². The normalized spacial score (nSPS) is 12.6. The second-order valence-electron chi connectivity index (χ2n) is 6.98. The highest BCUT2D eigenvalue weighted by Gasteiger charge is 2.26. The van der Waals surface area contributed by atoms with Crippen LogP contribution in [-0.2, 0) is 5.41 Å². The van der Waals surface area contributed by atoms with E-state index in [1.807, 2.05) is 0 Å². The van der Waals surface area contributed by atoms with E-state index in [-0.39, 0.29) is 5.41 Å². The van der Waals surface area contributed by atoms with Gasteiger partial charge in [-0.2, -0.15) is 0 Å².